The Balaban J connectivity index is 1.59. The minimum absolute atomic E-state index is 0.157. The molecule has 0 saturated carbocycles. The van der Waals surface area contributed by atoms with Gasteiger partial charge in [-0.05, 0) is 45.6 Å². The van der Waals surface area contributed by atoms with Crippen LogP contribution in [0.1, 0.15) is 53.0 Å². The summed E-state index contributed by atoms with van der Waals surface area (Å²) in [4.78, 5) is 22.5. The number of aliphatic hydroxyl groups is 1. The molecule has 3 rings (SSSR count). The van der Waals surface area contributed by atoms with Gasteiger partial charge in [0.05, 0.1) is 16.8 Å². The van der Waals surface area contributed by atoms with Gasteiger partial charge in [-0.2, -0.15) is 0 Å². The number of amides is 1. The summed E-state index contributed by atoms with van der Waals surface area (Å²) in [6.45, 7) is 7.54. The lowest BCUT2D eigenvalue weighted by Crippen LogP contribution is -2.50. The maximum absolute atomic E-state index is 12.8. The highest BCUT2D eigenvalue weighted by Gasteiger charge is 2.31. The van der Waals surface area contributed by atoms with Gasteiger partial charge in [-0.15, -0.1) is 11.3 Å². The number of carbonyl (C=O) groups is 1. The highest BCUT2D eigenvalue weighted by molar-refractivity contribution is 7.13. The number of aliphatic hydroxyl groups excluding tert-OH is 1. The highest BCUT2D eigenvalue weighted by atomic mass is 32.1. The summed E-state index contributed by atoms with van der Waals surface area (Å²) in [6.07, 6.45) is 4.68. The second-order valence-corrected chi connectivity index (χ2v) is 7.88. The lowest BCUT2D eigenvalue weighted by atomic mass is 9.99. The van der Waals surface area contributed by atoms with Crippen LogP contribution < -0.4 is 0 Å². The van der Waals surface area contributed by atoms with E-state index in [9.17, 15) is 9.90 Å². The largest absolute Gasteiger partial charge is 0.392 e. The third-order valence-corrected chi connectivity index (χ3v) is 6.03. The molecule has 128 valence electrons. The van der Waals surface area contributed by atoms with Gasteiger partial charge >= 0.3 is 0 Å². The zero-order chi connectivity index (χ0) is 16.4. The first-order chi connectivity index (χ1) is 11.1. The van der Waals surface area contributed by atoms with Crippen LogP contribution in [0.15, 0.2) is 0 Å². The Morgan fingerprint density at radius 2 is 2.04 bits per heavy atom. The van der Waals surface area contributed by atoms with Crippen molar-refractivity contribution in [3.63, 3.8) is 0 Å². The predicted octanol–water partition coefficient (Wildman–Crippen LogP) is 2.08. The second-order valence-electron chi connectivity index (χ2n) is 6.68. The van der Waals surface area contributed by atoms with Crippen LogP contribution in [0, 0.1) is 6.92 Å². The molecule has 0 unspecified atom stereocenters. The Labute approximate surface area is 142 Å². The average Bonchev–Trinajstić information content (AvgIpc) is 2.95. The molecule has 6 heteroatoms. The third-order valence-electron chi connectivity index (χ3n) is 5.03. The zero-order valence-corrected chi connectivity index (χ0v) is 14.9. The predicted molar refractivity (Wildman–Crippen MR) is 92.0 cm³/mol. The van der Waals surface area contributed by atoms with Crippen LogP contribution >= 0.6 is 11.3 Å². The molecule has 0 aliphatic carbocycles. The number of hydrogen-bond acceptors (Lipinski definition) is 5. The molecule has 0 spiro atoms. The monoisotopic (exact) mass is 337 g/mol. The molecular formula is C17H27N3O2S. The molecule has 1 N–H and O–H groups in total. The average molecular weight is 337 g/mol. The molecule has 1 aromatic heterocycles. The first-order valence-corrected chi connectivity index (χ1v) is 9.57. The van der Waals surface area contributed by atoms with E-state index >= 15 is 0 Å². The van der Waals surface area contributed by atoms with Crippen LogP contribution in [-0.4, -0.2) is 64.1 Å². The van der Waals surface area contributed by atoms with Gasteiger partial charge in [-0.25, -0.2) is 4.98 Å². The van der Waals surface area contributed by atoms with Crippen molar-refractivity contribution >= 4 is 17.2 Å². The van der Waals surface area contributed by atoms with Crippen molar-refractivity contribution in [3.8, 4) is 0 Å². The number of β-amino-alcohol motifs (C(OH)–C–C–N with tert-alkyl or cyclic N) is 1. The number of likely N-dealkylation sites (tertiary alicyclic amines) is 2. The van der Waals surface area contributed by atoms with E-state index in [0.717, 1.165) is 73.9 Å². The number of piperidine rings is 2. The van der Waals surface area contributed by atoms with Crippen molar-refractivity contribution in [1.29, 1.82) is 0 Å². The fraction of sp³-hybridized carbons (Fsp3) is 0.765. The summed E-state index contributed by atoms with van der Waals surface area (Å²) in [5, 5.41) is 10.8. The minimum atomic E-state index is -0.171. The van der Waals surface area contributed by atoms with Crippen molar-refractivity contribution < 1.29 is 9.90 Å². The van der Waals surface area contributed by atoms with Crippen molar-refractivity contribution in [2.75, 3.05) is 26.2 Å². The number of rotatable bonds is 3. The van der Waals surface area contributed by atoms with Crippen LogP contribution in [-0.2, 0) is 6.42 Å². The first kappa shape index (κ1) is 16.9. The molecule has 2 aliphatic rings. The normalized spacial score (nSPS) is 24.1. The van der Waals surface area contributed by atoms with Crippen LogP contribution in [0.4, 0.5) is 0 Å². The Hall–Kier alpha value is -0.980. The van der Waals surface area contributed by atoms with Gasteiger partial charge in [-0.3, -0.25) is 9.69 Å². The van der Waals surface area contributed by atoms with Gasteiger partial charge in [0, 0.05) is 25.7 Å². The number of nitrogens with zero attached hydrogens (tertiary/aromatic N) is 3. The summed E-state index contributed by atoms with van der Waals surface area (Å²) < 4.78 is 0. The summed E-state index contributed by atoms with van der Waals surface area (Å²) >= 11 is 1.52. The van der Waals surface area contributed by atoms with Crippen LogP contribution in [0.2, 0.25) is 0 Å². The molecule has 2 saturated heterocycles. The summed E-state index contributed by atoms with van der Waals surface area (Å²) in [5.74, 6) is 0.157. The molecular weight excluding hydrogens is 310 g/mol. The van der Waals surface area contributed by atoms with Gasteiger partial charge in [-0.1, -0.05) is 6.92 Å². The number of hydrogen-bond donors (Lipinski definition) is 1. The van der Waals surface area contributed by atoms with E-state index in [-0.39, 0.29) is 12.0 Å². The van der Waals surface area contributed by atoms with Crippen LogP contribution in [0.3, 0.4) is 0 Å². The first-order valence-electron chi connectivity index (χ1n) is 8.76. The molecule has 2 fully saturated rings. The molecule has 1 atom stereocenters. The van der Waals surface area contributed by atoms with E-state index in [1.165, 1.54) is 11.3 Å². The third kappa shape index (κ3) is 3.75. The molecule has 0 bridgehead atoms. The standard InChI is InChI=1S/C17H27N3O2S/c1-3-15-16(23-12(2)18-15)17(22)19-9-6-13(7-10-19)20-8-4-5-14(21)11-20/h13-14,21H,3-11H2,1-2H3/t14-/m1/s1. The fourth-order valence-corrected chi connectivity index (χ4v) is 4.75. The summed E-state index contributed by atoms with van der Waals surface area (Å²) in [7, 11) is 0. The van der Waals surface area contributed by atoms with E-state index in [2.05, 4.69) is 16.8 Å². The molecule has 23 heavy (non-hydrogen) atoms. The minimum Gasteiger partial charge on any atom is -0.392 e. The van der Waals surface area contributed by atoms with Crippen LogP contribution in [0.5, 0.6) is 0 Å². The SMILES string of the molecule is CCc1nc(C)sc1C(=O)N1CCC(N2CCC[C@@H](O)C2)CC1. The maximum atomic E-state index is 12.8. The lowest BCUT2D eigenvalue weighted by molar-refractivity contribution is 0.0241. The van der Waals surface area contributed by atoms with Gasteiger partial charge in [0.1, 0.15) is 4.88 Å². The van der Waals surface area contributed by atoms with Crippen molar-refractivity contribution in [2.45, 2.75) is 58.1 Å². The number of thiazole rings is 1. The molecule has 0 aromatic carbocycles. The van der Waals surface area contributed by atoms with Gasteiger partial charge in [0.25, 0.3) is 5.91 Å². The topological polar surface area (TPSA) is 56.7 Å². The number of aryl methyl sites for hydroxylation is 2. The second kappa shape index (κ2) is 7.28. The van der Waals surface area contributed by atoms with E-state index in [1.54, 1.807) is 0 Å². The van der Waals surface area contributed by atoms with E-state index in [4.69, 9.17) is 0 Å². The molecule has 0 radical (unpaired) electrons. The maximum Gasteiger partial charge on any atom is 0.265 e. The van der Waals surface area contributed by atoms with Crippen molar-refractivity contribution in [1.82, 2.24) is 14.8 Å². The van der Waals surface area contributed by atoms with Crippen molar-refractivity contribution in [2.24, 2.45) is 0 Å². The quantitative estimate of drug-likeness (QED) is 0.917. The van der Waals surface area contributed by atoms with E-state index < -0.39 is 0 Å². The number of carbonyl (C=O) groups excluding carboxylic acids is 1. The Morgan fingerprint density at radius 1 is 1.30 bits per heavy atom. The Bertz CT molecular complexity index is 552. The van der Waals surface area contributed by atoms with Gasteiger partial charge < -0.3 is 10.0 Å². The molecule has 1 amide bonds. The summed E-state index contributed by atoms with van der Waals surface area (Å²) in [6, 6.07) is 0.517. The smallest absolute Gasteiger partial charge is 0.265 e. The molecule has 1 aromatic rings. The Morgan fingerprint density at radius 3 is 2.70 bits per heavy atom. The number of aromatic nitrogens is 1. The molecule has 3 heterocycles. The Kier molecular flexibility index (Phi) is 5.34. The van der Waals surface area contributed by atoms with Gasteiger partial charge in [0.15, 0.2) is 0 Å². The molecule has 5 nitrogen and oxygen atoms in total. The fourth-order valence-electron chi connectivity index (χ4n) is 3.77. The molecule has 2 aliphatic heterocycles. The highest BCUT2D eigenvalue weighted by Crippen LogP contribution is 2.25. The lowest BCUT2D eigenvalue weighted by Gasteiger charge is -2.41. The van der Waals surface area contributed by atoms with Gasteiger partial charge in [0.2, 0.25) is 0 Å². The van der Waals surface area contributed by atoms with Crippen molar-refractivity contribution in [3.05, 3.63) is 15.6 Å². The zero-order valence-electron chi connectivity index (χ0n) is 14.1. The summed E-state index contributed by atoms with van der Waals surface area (Å²) in [5.41, 5.74) is 0.943. The van der Waals surface area contributed by atoms with Crippen LogP contribution in [0.25, 0.3) is 0 Å². The van der Waals surface area contributed by atoms with E-state index in [1.807, 2.05) is 11.8 Å². The van der Waals surface area contributed by atoms with E-state index in [0.29, 0.717) is 6.04 Å².